The maximum Gasteiger partial charge on any atom is 0.162 e. The molecule has 2 aromatic rings. The molecule has 0 bridgehead atoms. The minimum Gasteiger partial charge on any atom is -0.371 e. The van der Waals surface area contributed by atoms with Crippen molar-refractivity contribution in [2.24, 2.45) is 0 Å². The first-order valence-electron chi connectivity index (χ1n) is 11.4. The van der Waals surface area contributed by atoms with Gasteiger partial charge >= 0.3 is 0 Å². The van der Waals surface area contributed by atoms with E-state index in [1.54, 1.807) is 0 Å². The second-order valence-corrected chi connectivity index (χ2v) is 8.57. The molecule has 0 radical (unpaired) electrons. The minimum atomic E-state index is 0.252. The van der Waals surface area contributed by atoms with Crippen molar-refractivity contribution in [3.63, 3.8) is 0 Å². The van der Waals surface area contributed by atoms with Crippen molar-refractivity contribution >= 4 is 11.5 Å². The summed E-state index contributed by atoms with van der Waals surface area (Å²) in [6.45, 7) is 7.59. The van der Waals surface area contributed by atoms with Gasteiger partial charge in [0.1, 0.15) is 0 Å². The summed E-state index contributed by atoms with van der Waals surface area (Å²) in [5, 5.41) is 0. The van der Waals surface area contributed by atoms with Crippen molar-refractivity contribution < 1.29 is 4.79 Å². The van der Waals surface area contributed by atoms with Crippen LogP contribution in [0.5, 0.6) is 0 Å². The standard InChI is InChI=1S/C26H34N2O/c1-2-26(29)23-13-12-21-14-18-27(20-24(21)19-23)15-7-8-17-28-16-6-5-10-22-9-3-4-11-25(22)28/h3-4,9,11-13,19H,2,5-8,10,14-18,20H2,1H3. The molecule has 2 heterocycles. The monoisotopic (exact) mass is 390 g/mol. The molecule has 29 heavy (non-hydrogen) atoms. The normalized spacial score (nSPS) is 16.8. The fourth-order valence-corrected chi connectivity index (χ4v) is 4.82. The molecule has 2 aromatic carbocycles. The van der Waals surface area contributed by atoms with Crippen LogP contribution in [0.1, 0.15) is 66.1 Å². The molecule has 0 N–H and O–H groups in total. The third-order valence-corrected chi connectivity index (χ3v) is 6.55. The lowest BCUT2D eigenvalue weighted by Gasteiger charge is -2.30. The van der Waals surface area contributed by atoms with Crippen molar-refractivity contribution in [1.29, 1.82) is 0 Å². The van der Waals surface area contributed by atoms with Gasteiger partial charge in [0.15, 0.2) is 5.78 Å². The van der Waals surface area contributed by atoms with Crippen LogP contribution in [0.25, 0.3) is 0 Å². The van der Waals surface area contributed by atoms with Crippen molar-refractivity contribution in [3.8, 4) is 0 Å². The lowest BCUT2D eigenvalue weighted by atomic mass is 9.95. The van der Waals surface area contributed by atoms with E-state index in [1.165, 1.54) is 61.0 Å². The predicted octanol–water partition coefficient (Wildman–Crippen LogP) is 5.26. The van der Waals surface area contributed by atoms with Crippen LogP contribution < -0.4 is 4.90 Å². The molecule has 3 heteroatoms. The summed E-state index contributed by atoms with van der Waals surface area (Å²) in [4.78, 5) is 17.2. The Kier molecular flexibility index (Phi) is 6.66. The zero-order valence-electron chi connectivity index (χ0n) is 17.8. The quantitative estimate of drug-likeness (QED) is 0.476. The van der Waals surface area contributed by atoms with Gasteiger partial charge in [-0.3, -0.25) is 9.69 Å². The predicted molar refractivity (Wildman–Crippen MR) is 121 cm³/mol. The van der Waals surface area contributed by atoms with E-state index in [2.05, 4.69) is 46.2 Å². The highest BCUT2D eigenvalue weighted by Gasteiger charge is 2.18. The van der Waals surface area contributed by atoms with Crippen molar-refractivity contribution in [3.05, 3.63) is 64.7 Å². The number of unbranched alkanes of at least 4 members (excludes halogenated alkanes) is 1. The first-order valence-corrected chi connectivity index (χ1v) is 11.4. The van der Waals surface area contributed by atoms with Crippen LogP contribution in [-0.2, 0) is 19.4 Å². The molecule has 4 rings (SSSR count). The number of nitrogens with zero attached hydrogens (tertiary/aromatic N) is 2. The molecule has 2 aliphatic heterocycles. The first-order chi connectivity index (χ1) is 14.2. The Balaban J connectivity index is 1.28. The molecule has 2 aliphatic rings. The van der Waals surface area contributed by atoms with Crippen LogP contribution in [0, 0.1) is 0 Å². The summed E-state index contributed by atoms with van der Waals surface area (Å²) in [7, 11) is 0. The van der Waals surface area contributed by atoms with E-state index < -0.39 is 0 Å². The summed E-state index contributed by atoms with van der Waals surface area (Å²) in [6, 6.07) is 15.3. The SMILES string of the molecule is CCC(=O)c1ccc2c(c1)CN(CCCCN1CCCCc3ccccc31)CC2. The zero-order valence-corrected chi connectivity index (χ0v) is 17.8. The van der Waals surface area contributed by atoms with Gasteiger partial charge < -0.3 is 4.90 Å². The molecule has 0 spiro atoms. The molecule has 0 atom stereocenters. The Bertz CT molecular complexity index is 844. The van der Waals surface area contributed by atoms with E-state index in [0.717, 1.165) is 38.2 Å². The topological polar surface area (TPSA) is 23.6 Å². The highest BCUT2D eigenvalue weighted by Crippen LogP contribution is 2.26. The molecule has 154 valence electrons. The van der Waals surface area contributed by atoms with Gasteiger partial charge in [0.25, 0.3) is 0 Å². The molecule has 0 aromatic heterocycles. The molecule has 0 fully saturated rings. The van der Waals surface area contributed by atoms with Gasteiger partial charge in [-0.1, -0.05) is 37.3 Å². The van der Waals surface area contributed by atoms with Crippen LogP contribution >= 0.6 is 0 Å². The highest BCUT2D eigenvalue weighted by molar-refractivity contribution is 5.96. The minimum absolute atomic E-state index is 0.252. The fourth-order valence-electron chi connectivity index (χ4n) is 4.82. The van der Waals surface area contributed by atoms with E-state index in [-0.39, 0.29) is 5.78 Å². The van der Waals surface area contributed by atoms with E-state index in [4.69, 9.17) is 0 Å². The lowest BCUT2D eigenvalue weighted by Crippen LogP contribution is -2.32. The number of hydrogen-bond donors (Lipinski definition) is 0. The van der Waals surface area contributed by atoms with Crippen LogP contribution in [0.2, 0.25) is 0 Å². The second kappa shape index (κ2) is 9.58. The third-order valence-electron chi connectivity index (χ3n) is 6.55. The Labute approximate surface area is 175 Å². The molecule has 3 nitrogen and oxygen atoms in total. The largest absolute Gasteiger partial charge is 0.371 e. The van der Waals surface area contributed by atoms with E-state index in [1.807, 2.05) is 13.0 Å². The third kappa shape index (κ3) is 4.90. The molecule has 0 saturated carbocycles. The van der Waals surface area contributed by atoms with Crippen molar-refractivity contribution in [2.45, 2.75) is 58.4 Å². The van der Waals surface area contributed by atoms with Crippen molar-refractivity contribution in [2.75, 3.05) is 31.1 Å². The molecule has 0 amide bonds. The summed E-state index contributed by atoms with van der Waals surface area (Å²) in [5.41, 5.74) is 6.65. The number of hydrogen-bond acceptors (Lipinski definition) is 3. The number of aryl methyl sites for hydroxylation is 1. The highest BCUT2D eigenvalue weighted by atomic mass is 16.1. The second-order valence-electron chi connectivity index (χ2n) is 8.57. The Morgan fingerprint density at radius 1 is 0.897 bits per heavy atom. The number of fused-ring (bicyclic) bond motifs is 2. The number of benzene rings is 2. The smallest absolute Gasteiger partial charge is 0.162 e. The number of carbonyl (C=O) groups is 1. The molecule has 0 aliphatic carbocycles. The van der Waals surface area contributed by atoms with Gasteiger partial charge in [0.05, 0.1) is 0 Å². The van der Waals surface area contributed by atoms with E-state index in [0.29, 0.717) is 6.42 Å². The van der Waals surface area contributed by atoms with Gasteiger partial charge in [-0.05, 0) is 73.9 Å². The van der Waals surface area contributed by atoms with E-state index >= 15 is 0 Å². The average Bonchev–Trinajstić information content (AvgIpc) is 2.98. The number of para-hydroxylation sites is 1. The van der Waals surface area contributed by atoms with Crippen LogP contribution in [0.15, 0.2) is 42.5 Å². The summed E-state index contributed by atoms with van der Waals surface area (Å²) >= 11 is 0. The molecule has 0 unspecified atom stereocenters. The van der Waals surface area contributed by atoms with Gasteiger partial charge in [-0.15, -0.1) is 0 Å². The van der Waals surface area contributed by atoms with Gasteiger partial charge in [-0.2, -0.15) is 0 Å². The number of carbonyl (C=O) groups excluding carboxylic acids is 1. The average molecular weight is 391 g/mol. The molecule has 0 saturated heterocycles. The van der Waals surface area contributed by atoms with Crippen molar-refractivity contribution in [1.82, 2.24) is 4.90 Å². The van der Waals surface area contributed by atoms with Gasteiger partial charge in [0, 0.05) is 43.9 Å². The Morgan fingerprint density at radius 3 is 2.66 bits per heavy atom. The fraction of sp³-hybridized carbons (Fsp3) is 0.500. The summed E-state index contributed by atoms with van der Waals surface area (Å²) in [5.74, 6) is 0.252. The summed E-state index contributed by atoms with van der Waals surface area (Å²) in [6.07, 6.45) is 8.01. The van der Waals surface area contributed by atoms with Gasteiger partial charge in [-0.25, -0.2) is 0 Å². The maximum absolute atomic E-state index is 12.0. The first kappa shape index (κ1) is 20.2. The number of Topliss-reactive ketones (excluding diaryl/α,β-unsaturated/α-hetero) is 1. The zero-order chi connectivity index (χ0) is 20.1. The maximum atomic E-state index is 12.0. The Morgan fingerprint density at radius 2 is 1.76 bits per heavy atom. The van der Waals surface area contributed by atoms with Gasteiger partial charge in [0.2, 0.25) is 0 Å². The molecular formula is C26H34N2O. The van der Waals surface area contributed by atoms with E-state index in [9.17, 15) is 4.79 Å². The van der Waals surface area contributed by atoms with Crippen LogP contribution in [0.4, 0.5) is 5.69 Å². The molecular weight excluding hydrogens is 356 g/mol. The number of rotatable bonds is 7. The summed E-state index contributed by atoms with van der Waals surface area (Å²) < 4.78 is 0. The van der Waals surface area contributed by atoms with Crippen LogP contribution in [0.3, 0.4) is 0 Å². The number of anilines is 1. The van der Waals surface area contributed by atoms with Crippen LogP contribution in [-0.4, -0.2) is 36.9 Å². The Hall–Kier alpha value is -2.13. The lowest BCUT2D eigenvalue weighted by molar-refractivity contribution is 0.0988. The number of ketones is 1.